The first kappa shape index (κ1) is 46.8. The Bertz CT molecular complexity index is 845. The van der Waals surface area contributed by atoms with Gasteiger partial charge in [0.15, 0.2) is 6.10 Å². The smallest absolute Gasteiger partial charge is 0.462 e. The van der Waals surface area contributed by atoms with Crippen LogP contribution in [0.1, 0.15) is 168 Å². The predicted molar refractivity (Wildman–Crippen MR) is 197 cm³/mol. The van der Waals surface area contributed by atoms with Crippen LogP contribution in [0.15, 0.2) is 12.2 Å². The van der Waals surface area contributed by atoms with Crippen molar-refractivity contribution in [1.29, 1.82) is 0 Å². The molecular weight excluding hydrogens is 629 g/mol. The van der Waals surface area contributed by atoms with E-state index in [1.165, 1.54) is 83.5 Å². The first-order valence-electron chi connectivity index (χ1n) is 19.4. The third-order valence-electron chi connectivity index (χ3n) is 8.30. The maximum absolute atomic E-state index is 12.6. The number of phosphoric acid groups is 1. The minimum absolute atomic E-state index is 0.0332. The van der Waals surface area contributed by atoms with Crippen molar-refractivity contribution < 1.29 is 42.1 Å². The van der Waals surface area contributed by atoms with E-state index in [1.54, 1.807) is 0 Å². The average molecular weight is 705 g/mol. The van der Waals surface area contributed by atoms with Gasteiger partial charge in [-0.1, -0.05) is 129 Å². The van der Waals surface area contributed by atoms with Crippen molar-refractivity contribution in [3.8, 4) is 0 Å². The van der Waals surface area contributed by atoms with Crippen LogP contribution in [0.4, 0.5) is 0 Å². The lowest BCUT2D eigenvalue weighted by molar-refractivity contribution is -0.870. The molecule has 0 aromatic rings. The Balaban J connectivity index is 4.44. The minimum Gasteiger partial charge on any atom is -0.462 e. The highest BCUT2D eigenvalue weighted by Gasteiger charge is 2.27. The van der Waals surface area contributed by atoms with Gasteiger partial charge in [-0.3, -0.25) is 18.6 Å². The first-order valence-corrected chi connectivity index (χ1v) is 20.9. The number of ether oxygens (including phenoxy) is 2. The van der Waals surface area contributed by atoms with Gasteiger partial charge in [0.1, 0.15) is 19.8 Å². The molecule has 0 bridgehead atoms. The highest BCUT2D eigenvalue weighted by atomic mass is 31.2. The topological polar surface area (TPSA) is 108 Å². The second-order valence-electron chi connectivity index (χ2n) is 14.3. The fraction of sp³-hybridized carbons (Fsp3) is 0.895. The van der Waals surface area contributed by atoms with Crippen molar-refractivity contribution in [1.82, 2.24) is 0 Å². The van der Waals surface area contributed by atoms with E-state index in [9.17, 15) is 19.0 Å². The average Bonchev–Trinajstić information content (AvgIpc) is 3.02. The molecule has 1 N–H and O–H groups in total. The number of hydrogen-bond acceptors (Lipinski definition) is 7. The number of hydrogen-bond donors (Lipinski definition) is 1. The molecule has 2 atom stereocenters. The third kappa shape index (κ3) is 34.6. The Kier molecular flexibility index (Phi) is 30.9. The molecule has 284 valence electrons. The molecule has 0 aliphatic carbocycles. The van der Waals surface area contributed by atoms with Crippen LogP contribution in [-0.2, 0) is 32.7 Å². The van der Waals surface area contributed by atoms with Gasteiger partial charge in [0.25, 0.3) is 0 Å². The van der Waals surface area contributed by atoms with E-state index in [0.717, 1.165) is 51.4 Å². The van der Waals surface area contributed by atoms with Crippen molar-refractivity contribution in [2.45, 2.75) is 174 Å². The van der Waals surface area contributed by atoms with Crippen LogP contribution < -0.4 is 0 Å². The fourth-order valence-corrected chi connectivity index (χ4v) is 5.93. The molecule has 1 unspecified atom stereocenters. The summed E-state index contributed by atoms with van der Waals surface area (Å²) in [4.78, 5) is 35.1. The molecule has 0 radical (unpaired) electrons. The lowest BCUT2D eigenvalue weighted by Crippen LogP contribution is -2.37. The Hall–Kier alpha value is -1.25. The van der Waals surface area contributed by atoms with Crippen LogP contribution in [0.25, 0.3) is 0 Å². The minimum atomic E-state index is -4.36. The van der Waals surface area contributed by atoms with Crippen molar-refractivity contribution in [2.24, 2.45) is 0 Å². The molecule has 9 nitrogen and oxygen atoms in total. The zero-order chi connectivity index (χ0) is 35.8. The molecular formula is C38H75NO8P+. The Morgan fingerprint density at radius 3 is 1.58 bits per heavy atom. The summed E-state index contributed by atoms with van der Waals surface area (Å²) in [5.41, 5.74) is 0. The molecule has 0 amide bonds. The van der Waals surface area contributed by atoms with E-state index in [-0.39, 0.29) is 32.0 Å². The molecule has 0 heterocycles. The Morgan fingerprint density at radius 1 is 0.625 bits per heavy atom. The van der Waals surface area contributed by atoms with Gasteiger partial charge in [-0.2, -0.15) is 0 Å². The standard InChI is InChI=1S/C38H74NO8P/c1-6-8-10-12-14-16-18-20-22-24-26-28-30-37(40)44-34-36(35-46-48(42,43)45-33-32-39(3,4)5)47-38(41)31-29-27-25-23-21-19-17-15-13-11-9-7-2/h14,16,36H,6-13,15,17-35H2,1-5H3/p+1/b16-14+/t36-/m1/s1. The molecule has 0 saturated carbocycles. The fourth-order valence-electron chi connectivity index (χ4n) is 5.18. The van der Waals surface area contributed by atoms with E-state index < -0.39 is 26.5 Å². The summed E-state index contributed by atoms with van der Waals surface area (Å²) < 4.78 is 34.1. The zero-order valence-corrected chi connectivity index (χ0v) is 32.6. The van der Waals surface area contributed by atoms with Crippen molar-refractivity contribution >= 4 is 19.8 Å². The predicted octanol–water partition coefficient (Wildman–Crippen LogP) is 10.2. The summed E-state index contributed by atoms with van der Waals surface area (Å²) in [5.74, 6) is -0.806. The van der Waals surface area contributed by atoms with E-state index >= 15 is 0 Å². The summed E-state index contributed by atoms with van der Waals surface area (Å²) in [6.07, 6.45) is 29.7. The molecule has 0 saturated heterocycles. The Morgan fingerprint density at radius 2 is 1.06 bits per heavy atom. The largest absolute Gasteiger partial charge is 0.472 e. The SMILES string of the molecule is CCCCC/C=C/CCCCCCCC(=O)OC[C@H](COP(=O)(O)OCC[N+](C)(C)C)OC(=O)CCCCCCCCCCCCCC. The molecule has 0 aliphatic rings. The number of esters is 2. The van der Waals surface area contributed by atoms with Gasteiger partial charge in [0.05, 0.1) is 27.7 Å². The number of likely N-dealkylation sites (N-methyl/N-ethyl adjacent to an activating group) is 1. The van der Waals surface area contributed by atoms with Gasteiger partial charge in [-0.25, -0.2) is 4.57 Å². The van der Waals surface area contributed by atoms with E-state index in [2.05, 4.69) is 26.0 Å². The monoisotopic (exact) mass is 705 g/mol. The molecule has 0 aliphatic heterocycles. The maximum atomic E-state index is 12.6. The number of quaternary nitrogens is 1. The van der Waals surface area contributed by atoms with Gasteiger partial charge >= 0.3 is 19.8 Å². The first-order chi connectivity index (χ1) is 23.0. The molecule has 10 heteroatoms. The third-order valence-corrected chi connectivity index (χ3v) is 9.28. The number of carbonyl (C=O) groups is 2. The molecule has 0 spiro atoms. The summed E-state index contributed by atoms with van der Waals surface area (Å²) in [5, 5.41) is 0. The molecule has 0 aromatic carbocycles. The molecule has 48 heavy (non-hydrogen) atoms. The quantitative estimate of drug-likeness (QED) is 0.0228. The summed E-state index contributed by atoms with van der Waals surface area (Å²) in [6.45, 7) is 4.38. The highest BCUT2D eigenvalue weighted by molar-refractivity contribution is 7.47. The van der Waals surface area contributed by atoms with Gasteiger partial charge in [0, 0.05) is 12.8 Å². The molecule has 0 rings (SSSR count). The number of nitrogens with zero attached hydrogens (tertiary/aromatic N) is 1. The van der Waals surface area contributed by atoms with Crippen LogP contribution in [0.2, 0.25) is 0 Å². The van der Waals surface area contributed by atoms with Gasteiger partial charge in [-0.05, 0) is 38.5 Å². The number of rotatable bonds is 35. The number of allylic oxidation sites excluding steroid dienone is 2. The van der Waals surface area contributed by atoms with Crippen LogP contribution in [-0.4, -0.2) is 74.9 Å². The van der Waals surface area contributed by atoms with Crippen LogP contribution in [0.3, 0.4) is 0 Å². The zero-order valence-electron chi connectivity index (χ0n) is 31.7. The van der Waals surface area contributed by atoms with Crippen molar-refractivity contribution in [3.63, 3.8) is 0 Å². The Labute approximate surface area is 295 Å². The van der Waals surface area contributed by atoms with E-state index in [1.807, 2.05) is 21.1 Å². The van der Waals surface area contributed by atoms with Crippen LogP contribution in [0.5, 0.6) is 0 Å². The highest BCUT2D eigenvalue weighted by Crippen LogP contribution is 2.43. The summed E-state index contributed by atoms with van der Waals surface area (Å²) in [7, 11) is 1.48. The second-order valence-corrected chi connectivity index (χ2v) is 15.8. The maximum Gasteiger partial charge on any atom is 0.472 e. The van der Waals surface area contributed by atoms with Crippen molar-refractivity contribution in [3.05, 3.63) is 12.2 Å². The lowest BCUT2D eigenvalue weighted by Gasteiger charge is -2.24. The lowest BCUT2D eigenvalue weighted by atomic mass is 10.0. The van der Waals surface area contributed by atoms with Crippen LogP contribution >= 0.6 is 7.82 Å². The number of phosphoric ester groups is 1. The van der Waals surface area contributed by atoms with Gasteiger partial charge in [-0.15, -0.1) is 0 Å². The summed E-state index contributed by atoms with van der Waals surface area (Å²) in [6, 6.07) is 0. The molecule has 0 fully saturated rings. The normalized spacial score (nSPS) is 13.9. The van der Waals surface area contributed by atoms with E-state index in [4.69, 9.17) is 18.5 Å². The van der Waals surface area contributed by atoms with E-state index in [0.29, 0.717) is 17.4 Å². The van der Waals surface area contributed by atoms with Crippen LogP contribution in [0, 0.1) is 0 Å². The molecule has 0 aromatic heterocycles. The number of unbranched alkanes of at least 4 members (excludes halogenated alkanes) is 19. The second kappa shape index (κ2) is 31.7. The van der Waals surface area contributed by atoms with Gasteiger partial charge < -0.3 is 18.9 Å². The number of carbonyl (C=O) groups excluding carboxylic acids is 2. The van der Waals surface area contributed by atoms with Gasteiger partial charge in [0.2, 0.25) is 0 Å². The summed E-state index contributed by atoms with van der Waals surface area (Å²) >= 11 is 0. The van der Waals surface area contributed by atoms with Crippen molar-refractivity contribution in [2.75, 3.05) is 47.5 Å².